The zero-order valence-electron chi connectivity index (χ0n) is 11.9. The van der Waals surface area contributed by atoms with Crippen molar-refractivity contribution >= 4 is 18.0 Å². The fourth-order valence-electron chi connectivity index (χ4n) is 2.65. The van der Waals surface area contributed by atoms with Gasteiger partial charge >= 0.3 is 12.1 Å². The molecular formula is C13H19NO5. The van der Waals surface area contributed by atoms with Gasteiger partial charge in [-0.3, -0.25) is 4.79 Å². The van der Waals surface area contributed by atoms with E-state index in [9.17, 15) is 14.4 Å². The number of hydrogen-bond donors (Lipinski definition) is 0. The van der Waals surface area contributed by atoms with Crippen molar-refractivity contribution in [3.63, 3.8) is 0 Å². The molecule has 2 aliphatic rings. The summed E-state index contributed by atoms with van der Waals surface area (Å²) < 4.78 is 10.3. The number of hydrogen-bond acceptors (Lipinski definition) is 5. The van der Waals surface area contributed by atoms with Crippen LogP contribution in [0.25, 0.3) is 0 Å². The molecule has 6 nitrogen and oxygen atoms in total. The normalized spacial score (nSPS) is 29.2. The van der Waals surface area contributed by atoms with Crippen LogP contribution in [0.4, 0.5) is 4.79 Å². The van der Waals surface area contributed by atoms with Crippen LogP contribution in [0, 0.1) is 0 Å². The van der Waals surface area contributed by atoms with Gasteiger partial charge in [-0.15, -0.1) is 0 Å². The molecule has 0 aliphatic carbocycles. The van der Waals surface area contributed by atoms with Crippen molar-refractivity contribution in [1.29, 1.82) is 0 Å². The van der Waals surface area contributed by atoms with E-state index in [0.717, 1.165) is 4.90 Å². The number of likely N-dealkylation sites (tertiary alicyclic amines) is 1. The molecule has 0 bridgehead atoms. The van der Waals surface area contributed by atoms with E-state index in [-0.39, 0.29) is 18.7 Å². The first-order valence-electron chi connectivity index (χ1n) is 6.31. The van der Waals surface area contributed by atoms with Crippen LogP contribution >= 0.6 is 0 Å². The molecule has 1 spiro atoms. The van der Waals surface area contributed by atoms with Gasteiger partial charge in [0, 0.05) is 6.42 Å². The van der Waals surface area contributed by atoms with E-state index in [1.54, 1.807) is 34.6 Å². The standard InChI is InChI=1S/C13H19NO5/c1-11(2,3)19-10(17)14-8(15)6-7-13(14)9(16)18-12(13,4)5/h6-7H2,1-5H3/t13-/m1/s1. The molecule has 2 fully saturated rings. The lowest BCUT2D eigenvalue weighted by atomic mass is 9.75. The molecule has 106 valence electrons. The minimum Gasteiger partial charge on any atom is -0.455 e. The average Bonchev–Trinajstić information content (AvgIpc) is 2.55. The van der Waals surface area contributed by atoms with Crippen molar-refractivity contribution in [2.75, 3.05) is 0 Å². The number of imide groups is 1. The summed E-state index contributed by atoms with van der Waals surface area (Å²) in [5.41, 5.74) is -2.79. The summed E-state index contributed by atoms with van der Waals surface area (Å²) in [5, 5.41) is 0. The predicted molar refractivity (Wildman–Crippen MR) is 65.2 cm³/mol. The van der Waals surface area contributed by atoms with Gasteiger partial charge in [-0.1, -0.05) is 0 Å². The summed E-state index contributed by atoms with van der Waals surface area (Å²) >= 11 is 0. The topological polar surface area (TPSA) is 72.9 Å². The number of carbonyl (C=O) groups is 3. The molecular weight excluding hydrogens is 250 g/mol. The Labute approximate surface area is 112 Å². The zero-order valence-corrected chi connectivity index (χ0v) is 11.9. The summed E-state index contributed by atoms with van der Waals surface area (Å²) in [4.78, 5) is 37.0. The molecule has 0 N–H and O–H groups in total. The maximum absolute atomic E-state index is 12.2. The monoisotopic (exact) mass is 269 g/mol. The SMILES string of the molecule is CC(C)(C)OC(=O)N1C(=O)CC[C@]12C(=O)OC2(C)C. The molecule has 0 radical (unpaired) electrons. The largest absolute Gasteiger partial charge is 0.455 e. The Morgan fingerprint density at radius 2 is 1.89 bits per heavy atom. The fourth-order valence-corrected chi connectivity index (χ4v) is 2.65. The van der Waals surface area contributed by atoms with Gasteiger partial charge in [0.2, 0.25) is 5.91 Å². The summed E-state index contributed by atoms with van der Waals surface area (Å²) in [6.07, 6.45) is -0.339. The minimum atomic E-state index is -1.20. The summed E-state index contributed by atoms with van der Waals surface area (Å²) in [6, 6.07) is 0. The number of cyclic esters (lactones) is 1. The highest BCUT2D eigenvalue weighted by molar-refractivity contribution is 6.05. The highest BCUT2D eigenvalue weighted by Crippen LogP contribution is 2.50. The van der Waals surface area contributed by atoms with E-state index in [0.29, 0.717) is 0 Å². The van der Waals surface area contributed by atoms with Gasteiger partial charge in [-0.2, -0.15) is 0 Å². The molecule has 6 heteroatoms. The van der Waals surface area contributed by atoms with Crippen molar-refractivity contribution < 1.29 is 23.9 Å². The third-order valence-electron chi connectivity index (χ3n) is 3.59. The second-order valence-corrected chi connectivity index (χ2v) is 6.47. The first-order chi connectivity index (χ1) is 8.51. The number of nitrogens with zero attached hydrogens (tertiary/aromatic N) is 1. The Balaban J connectivity index is 2.34. The molecule has 0 aromatic heterocycles. The number of carbonyl (C=O) groups excluding carboxylic acids is 3. The lowest BCUT2D eigenvalue weighted by Gasteiger charge is -2.53. The van der Waals surface area contributed by atoms with E-state index in [2.05, 4.69) is 0 Å². The van der Waals surface area contributed by atoms with Crippen LogP contribution in [0.3, 0.4) is 0 Å². The third-order valence-corrected chi connectivity index (χ3v) is 3.59. The molecule has 0 aromatic rings. The van der Waals surface area contributed by atoms with Crippen LogP contribution < -0.4 is 0 Å². The van der Waals surface area contributed by atoms with Crippen molar-refractivity contribution in [2.24, 2.45) is 0 Å². The van der Waals surface area contributed by atoms with E-state index >= 15 is 0 Å². The lowest BCUT2D eigenvalue weighted by molar-refractivity contribution is -0.230. The molecule has 0 aromatic carbocycles. The number of rotatable bonds is 0. The van der Waals surface area contributed by atoms with E-state index in [1.807, 2.05) is 0 Å². The first-order valence-corrected chi connectivity index (χ1v) is 6.31. The van der Waals surface area contributed by atoms with E-state index in [1.165, 1.54) is 0 Å². The smallest absolute Gasteiger partial charge is 0.418 e. The Morgan fingerprint density at radius 3 is 2.32 bits per heavy atom. The summed E-state index contributed by atoms with van der Waals surface area (Å²) in [7, 11) is 0. The Kier molecular flexibility index (Phi) is 2.70. The summed E-state index contributed by atoms with van der Waals surface area (Å²) in [6.45, 7) is 8.53. The molecule has 2 amide bonds. The lowest BCUT2D eigenvalue weighted by Crippen LogP contribution is -2.76. The fraction of sp³-hybridized carbons (Fsp3) is 0.769. The van der Waals surface area contributed by atoms with Crippen LogP contribution in [0.1, 0.15) is 47.5 Å². The van der Waals surface area contributed by atoms with Gasteiger partial charge < -0.3 is 9.47 Å². The van der Waals surface area contributed by atoms with E-state index in [4.69, 9.17) is 9.47 Å². The Morgan fingerprint density at radius 1 is 1.32 bits per heavy atom. The van der Waals surface area contributed by atoms with Crippen LogP contribution in [0.5, 0.6) is 0 Å². The van der Waals surface area contributed by atoms with Gasteiger partial charge in [0.15, 0.2) is 5.54 Å². The Hall–Kier alpha value is -1.59. The second-order valence-electron chi connectivity index (χ2n) is 6.47. The quantitative estimate of drug-likeness (QED) is 0.625. The summed E-state index contributed by atoms with van der Waals surface area (Å²) in [5.74, 6) is -0.923. The molecule has 2 saturated heterocycles. The predicted octanol–water partition coefficient (Wildman–Crippen LogP) is 1.62. The van der Waals surface area contributed by atoms with Crippen molar-refractivity contribution in [2.45, 2.75) is 64.2 Å². The molecule has 0 saturated carbocycles. The van der Waals surface area contributed by atoms with Gasteiger partial charge in [-0.25, -0.2) is 14.5 Å². The molecule has 19 heavy (non-hydrogen) atoms. The molecule has 2 rings (SSSR count). The molecule has 2 aliphatic heterocycles. The number of ether oxygens (including phenoxy) is 2. The highest BCUT2D eigenvalue weighted by atomic mass is 16.6. The number of amides is 2. The second kappa shape index (κ2) is 3.71. The maximum Gasteiger partial charge on any atom is 0.418 e. The molecule has 1 atom stereocenters. The van der Waals surface area contributed by atoms with Crippen LogP contribution in [-0.2, 0) is 19.1 Å². The van der Waals surface area contributed by atoms with Crippen molar-refractivity contribution in [3.05, 3.63) is 0 Å². The maximum atomic E-state index is 12.2. The van der Waals surface area contributed by atoms with Gasteiger partial charge in [0.1, 0.15) is 11.2 Å². The van der Waals surface area contributed by atoms with Gasteiger partial charge in [-0.05, 0) is 41.0 Å². The molecule has 2 heterocycles. The average molecular weight is 269 g/mol. The van der Waals surface area contributed by atoms with Gasteiger partial charge in [0.05, 0.1) is 0 Å². The van der Waals surface area contributed by atoms with Gasteiger partial charge in [0.25, 0.3) is 0 Å². The zero-order chi connectivity index (χ0) is 14.6. The molecule has 0 unspecified atom stereocenters. The van der Waals surface area contributed by atoms with Crippen LogP contribution in [0.15, 0.2) is 0 Å². The minimum absolute atomic E-state index is 0.151. The van der Waals surface area contributed by atoms with Crippen LogP contribution in [-0.4, -0.2) is 39.6 Å². The third kappa shape index (κ3) is 1.81. The number of esters is 1. The van der Waals surface area contributed by atoms with Crippen molar-refractivity contribution in [3.8, 4) is 0 Å². The van der Waals surface area contributed by atoms with E-state index < -0.39 is 28.8 Å². The van der Waals surface area contributed by atoms with Crippen LogP contribution in [0.2, 0.25) is 0 Å². The van der Waals surface area contributed by atoms with Crippen molar-refractivity contribution in [1.82, 2.24) is 4.90 Å². The highest BCUT2D eigenvalue weighted by Gasteiger charge is 2.72. The first kappa shape index (κ1) is 13.8. The Bertz CT molecular complexity index is 462.